The van der Waals surface area contributed by atoms with Crippen LogP contribution in [-0.4, -0.2) is 25.2 Å². The van der Waals surface area contributed by atoms with Gasteiger partial charge in [0.15, 0.2) is 0 Å². The summed E-state index contributed by atoms with van der Waals surface area (Å²) < 4.78 is 10.4. The van der Waals surface area contributed by atoms with Crippen molar-refractivity contribution >= 4 is 11.9 Å². The highest BCUT2D eigenvalue weighted by atomic mass is 16.5. The molecule has 2 unspecified atom stereocenters. The summed E-state index contributed by atoms with van der Waals surface area (Å²) in [6, 6.07) is 0. The lowest BCUT2D eigenvalue weighted by atomic mass is 9.89. The number of carbonyl (C=O) groups excluding carboxylic acids is 2. The smallest absolute Gasteiger partial charge is 0.309 e. The second-order valence-corrected chi connectivity index (χ2v) is 5.29. The maximum Gasteiger partial charge on any atom is 0.309 e. The second kappa shape index (κ2) is 11.7. The molecule has 0 N–H and O–H groups in total. The van der Waals surface area contributed by atoms with Crippen LogP contribution in [0.25, 0.3) is 0 Å². The van der Waals surface area contributed by atoms with Crippen molar-refractivity contribution in [3.05, 3.63) is 0 Å². The van der Waals surface area contributed by atoms with Crippen molar-refractivity contribution in [2.45, 2.75) is 66.2 Å². The van der Waals surface area contributed by atoms with E-state index in [-0.39, 0.29) is 30.2 Å². The quantitative estimate of drug-likeness (QED) is 0.429. The first-order valence-corrected chi connectivity index (χ1v) is 7.88. The van der Waals surface area contributed by atoms with Crippen LogP contribution in [0.2, 0.25) is 0 Å². The monoisotopic (exact) mass is 286 g/mol. The molecule has 0 aliphatic carbocycles. The molecule has 0 aromatic carbocycles. The number of ether oxygens (including phenoxy) is 2. The van der Waals surface area contributed by atoms with Crippen molar-refractivity contribution in [1.82, 2.24) is 0 Å². The third-order valence-corrected chi connectivity index (χ3v) is 3.52. The van der Waals surface area contributed by atoms with Crippen LogP contribution in [0.3, 0.4) is 0 Å². The predicted molar refractivity (Wildman–Crippen MR) is 79.3 cm³/mol. The van der Waals surface area contributed by atoms with Gasteiger partial charge in [0.05, 0.1) is 25.6 Å². The zero-order valence-electron chi connectivity index (χ0n) is 13.4. The van der Waals surface area contributed by atoms with Crippen LogP contribution in [-0.2, 0) is 19.1 Å². The molecule has 0 heterocycles. The molecule has 0 radical (unpaired) electrons. The highest BCUT2D eigenvalue weighted by Crippen LogP contribution is 2.21. The SMILES string of the molecule is CCCCOC(=O)CC(C(=O)OCCCC)C(C)CC. The second-order valence-electron chi connectivity index (χ2n) is 5.29. The lowest BCUT2D eigenvalue weighted by molar-refractivity contribution is -0.157. The topological polar surface area (TPSA) is 52.6 Å². The van der Waals surface area contributed by atoms with Gasteiger partial charge in [-0.2, -0.15) is 0 Å². The fourth-order valence-corrected chi connectivity index (χ4v) is 1.79. The molecule has 0 aliphatic heterocycles. The first-order chi connectivity index (χ1) is 9.56. The van der Waals surface area contributed by atoms with E-state index in [0.29, 0.717) is 13.2 Å². The van der Waals surface area contributed by atoms with Gasteiger partial charge in [-0.1, -0.05) is 47.0 Å². The van der Waals surface area contributed by atoms with Gasteiger partial charge in [0, 0.05) is 0 Å². The van der Waals surface area contributed by atoms with E-state index >= 15 is 0 Å². The Morgan fingerprint density at radius 3 is 2.00 bits per heavy atom. The minimum absolute atomic E-state index is 0.128. The molecule has 0 bridgehead atoms. The molecule has 0 fully saturated rings. The highest BCUT2D eigenvalue weighted by Gasteiger charge is 2.28. The molecule has 0 saturated carbocycles. The molecule has 118 valence electrons. The fourth-order valence-electron chi connectivity index (χ4n) is 1.79. The van der Waals surface area contributed by atoms with Crippen molar-refractivity contribution in [2.75, 3.05) is 13.2 Å². The van der Waals surface area contributed by atoms with Crippen molar-refractivity contribution in [3.8, 4) is 0 Å². The Bertz CT molecular complexity index is 276. The average Bonchev–Trinajstić information content (AvgIpc) is 2.44. The zero-order valence-corrected chi connectivity index (χ0v) is 13.4. The maximum atomic E-state index is 12.1. The van der Waals surface area contributed by atoms with Crippen molar-refractivity contribution in [1.29, 1.82) is 0 Å². The number of unbranched alkanes of at least 4 members (excludes halogenated alkanes) is 2. The van der Waals surface area contributed by atoms with Gasteiger partial charge in [0.25, 0.3) is 0 Å². The van der Waals surface area contributed by atoms with Gasteiger partial charge in [-0.05, 0) is 18.8 Å². The summed E-state index contributed by atoms with van der Waals surface area (Å²) in [5, 5.41) is 0. The van der Waals surface area contributed by atoms with Crippen LogP contribution in [0.5, 0.6) is 0 Å². The summed E-state index contributed by atoms with van der Waals surface area (Å²) in [6.07, 6.45) is 4.67. The Balaban J connectivity index is 4.33. The van der Waals surface area contributed by atoms with Crippen molar-refractivity contribution < 1.29 is 19.1 Å². The predicted octanol–water partition coefficient (Wildman–Crippen LogP) is 3.73. The van der Waals surface area contributed by atoms with E-state index in [9.17, 15) is 9.59 Å². The molecule has 0 rings (SSSR count). The average molecular weight is 286 g/mol. The summed E-state index contributed by atoms with van der Waals surface area (Å²) in [5.41, 5.74) is 0. The lowest BCUT2D eigenvalue weighted by Gasteiger charge is -2.20. The summed E-state index contributed by atoms with van der Waals surface area (Å²) in [7, 11) is 0. The summed E-state index contributed by atoms with van der Waals surface area (Å²) in [6.45, 7) is 8.96. The van der Waals surface area contributed by atoms with E-state index in [0.717, 1.165) is 32.1 Å². The van der Waals surface area contributed by atoms with Gasteiger partial charge in [0.1, 0.15) is 0 Å². The molecular weight excluding hydrogens is 256 g/mol. The molecule has 0 aromatic heterocycles. The Kier molecular flexibility index (Phi) is 11.1. The Labute approximate surface area is 123 Å². The van der Waals surface area contributed by atoms with Gasteiger partial charge in [0.2, 0.25) is 0 Å². The molecule has 0 aliphatic rings. The van der Waals surface area contributed by atoms with E-state index in [1.54, 1.807) is 0 Å². The minimum atomic E-state index is -0.383. The largest absolute Gasteiger partial charge is 0.466 e. The fraction of sp³-hybridized carbons (Fsp3) is 0.875. The molecule has 20 heavy (non-hydrogen) atoms. The molecule has 0 spiro atoms. The molecule has 4 nitrogen and oxygen atoms in total. The number of esters is 2. The first-order valence-electron chi connectivity index (χ1n) is 7.88. The number of hydrogen-bond acceptors (Lipinski definition) is 4. The van der Waals surface area contributed by atoms with Gasteiger partial charge in [-0.25, -0.2) is 0 Å². The molecule has 4 heteroatoms. The van der Waals surface area contributed by atoms with Gasteiger partial charge < -0.3 is 9.47 Å². The third kappa shape index (κ3) is 8.18. The van der Waals surface area contributed by atoms with Crippen LogP contribution in [0.4, 0.5) is 0 Å². The third-order valence-electron chi connectivity index (χ3n) is 3.52. The van der Waals surface area contributed by atoms with Crippen LogP contribution in [0.1, 0.15) is 66.2 Å². The molecule has 0 aromatic rings. The van der Waals surface area contributed by atoms with Crippen LogP contribution >= 0.6 is 0 Å². The summed E-state index contributed by atoms with van der Waals surface area (Å²) >= 11 is 0. The summed E-state index contributed by atoms with van der Waals surface area (Å²) in [5.74, 6) is -0.815. The van der Waals surface area contributed by atoms with Gasteiger partial charge >= 0.3 is 11.9 Å². The number of rotatable bonds is 11. The number of carbonyl (C=O) groups is 2. The van der Waals surface area contributed by atoms with E-state index in [1.165, 1.54) is 0 Å². The highest BCUT2D eigenvalue weighted by molar-refractivity contribution is 5.80. The van der Waals surface area contributed by atoms with Gasteiger partial charge in [-0.15, -0.1) is 0 Å². The Morgan fingerprint density at radius 2 is 1.50 bits per heavy atom. The molecular formula is C16H30O4. The van der Waals surface area contributed by atoms with E-state index in [1.807, 2.05) is 27.7 Å². The van der Waals surface area contributed by atoms with Crippen LogP contribution in [0, 0.1) is 11.8 Å². The summed E-state index contributed by atoms with van der Waals surface area (Å²) in [4.78, 5) is 23.8. The van der Waals surface area contributed by atoms with Crippen LogP contribution in [0.15, 0.2) is 0 Å². The zero-order chi connectivity index (χ0) is 15.4. The first kappa shape index (κ1) is 18.9. The van der Waals surface area contributed by atoms with E-state index in [4.69, 9.17) is 9.47 Å². The maximum absolute atomic E-state index is 12.1. The normalized spacial score (nSPS) is 13.6. The Morgan fingerprint density at radius 1 is 0.950 bits per heavy atom. The molecule has 2 atom stereocenters. The van der Waals surface area contributed by atoms with Crippen molar-refractivity contribution in [3.63, 3.8) is 0 Å². The van der Waals surface area contributed by atoms with E-state index < -0.39 is 0 Å². The minimum Gasteiger partial charge on any atom is -0.466 e. The standard InChI is InChI=1S/C16H30O4/c1-5-8-10-19-15(17)12-14(13(4)7-3)16(18)20-11-9-6-2/h13-14H,5-12H2,1-4H3. The lowest BCUT2D eigenvalue weighted by Crippen LogP contribution is -2.28. The molecule has 0 amide bonds. The Hall–Kier alpha value is -1.06. The van der Waals surface area contributed by atoms with Crippen LogP contribution < -0.4 is 0 Å². The number of hydrogen-bond donors (Lipinski definition) is 0. The molecule has 0 saturated heterocycles. The van der Waals surface area contributed by atoms with Gasteiger partial charge in [-0.3, -0.25) is 9.59 Å². The van der Waals surface area contributed by atoms with Crippen molar-refractivity contribution in [2.24, 2.45) is 11.8 Å². The van der Waals surface area contributed by atoms with E-state index in [2.05, 4.69) is 0 Å².